The summed E-state index contributed by atoms with van der Waals surface area (Å²) in [4.78, 5) is 4.37. The predicted octanol–water partition coefficient (Wildman–Crippen LogP) is 2.23. The molecule has 0 amide bonds. The molecule has 6 heteroatoms. The van der Waals surface area contributed by atoms with Gasteiger partial charge in [-0.3, -0.25) is 0 Å². The van der Waals surface area contributed by atoms with Gasteiger partial charge in [-0.25, -0.2) is 9.67 Å². The van der Waals surface area contributed by atoms with Gasteiger partial charge < -0.3 is 14.6 Å². The third-order valence-corrected chi connectivity index (χ3v) is 4.50. The summed E-state index contributed by atoms with van der Waals surface area (Å²) in [5.74, 6) is 1.03. The maximum atomic E-state index is 6.02. The van der Waals surface area contributed by atoms with E-state index in [1.807, 2.05) is 59.2 Å². The normalized spacial score (nSPS) is 20.5. The van der Waals surface area contributed by atoms with Crippen molar-refractivity contribution in [3.05, 3.63) is 66.5 Å². The van der Waals surface area contributed by atoms with Crippen molar-refractivity contribution in [3.8, 4) is 5.69 Å². The lowest BCUT2D eigenvalue weighted by atomic mass is 10.1. The SMILES string of the molecule is Cn1ccnc1CN[C@H]1CCO[C@@H]1c1ccnn1-c1ccccc1. The molecule has 3 heterocycles. The maximum Gasteiger partial charge on any atom is 0.122 e. The molecule has 6 nitrogen and oxygen atoms in total. The Kier molecular flexibility index (Phi) is 4.15. The zero-order valence-corrected chi connectivity index (χ0v) is 13.7. The molecule has 1 aliphatic rings. The molecule has 1 saturated heterocycles. The minimum atomic E-state index is -0.00651. The zero-order valence-electron chi connectivity index (χ0n) is 13.7. The van der Waals surface area contributed by atoms with Crippen LogP contribution >= 0.6 is 0 Å². The monoisotopic (exact) mass is 323 g/mol. The molecule has 1 fully saturated rings. The first-order valence-electron chi connectivity index (χ1n) is 8.23. The molecule has 0 unspecified atom stereocenters. The van der Waals surface area contributed by atoms with Gasteiger partial charge in [0.1, 0.15) is 11.9 Å². The van der Waals surface area contributed by atoms with Crippen molar-refractivity contribution >= 4 is 0 Å². The van der Waals surface area contributed by atoms with Gasteiger partial charge in [0.15, 0.2) is 0 Å². The number of ether oxygens (including phenoxy) is 1. The summed E-state index contributed by atoms with van der Waals surface area (Å²) in [5.41, 5.74) is 2.13. The van der Waals surface area contributed by atoms with Crippen molar-refractivity contribution in [2.45, 2.75) is 25.1 Å². The first-order chi connectivity index (χ1) is 11.8. The minimum Gasteiger partial charge on any atom is -0.370 e. The van der Waals surface area contributed by atoms with Crippen molar-refractivity contribution < 1.29 is 4.74 Å². The van der Waals surface area contributed by atoms with Crippen molar-refractivity contribution in [2.75, 3.05) is 6.61 Å². The van der Waals surface area contributed by atoms with Gasteiger partial charge in [0, 0.05) is 38.3 Å². The molecule has 0 saturated carbocycles. The Morgan fingerprint density at radius 1 is 1.21 bits per heavy atom. The molecule has 0 aliphatic carbocycles. The molecular formula is C18H21N5O. The van der Waals surface area contributed by atoms with E-state index < -0.39 is 0 Å². The predicted molar refractivity (Wildman–Crippen MR) is 90.7 cm³/mol. The third kappa shape index (κ3) is 2.86. The Hall–Kier alpha value is -2.44. The van der Waals surface area contributed by atoms with Crippen LogP contribution in [0.15, 0.2) is 55.0 Å². The second-order valence-electron chi connectivity index (χ2n) is 6.03. The van der Waals surface area contributed by atoms with Crippen LogP contribution in [0.1, 0.15) is 24.0 Å². The van der Waals surface area contributed by atoms with E-state index in [4.69, 9.17) is 4.74 Å². The lowest BCUT2D eigenvalue weighted by Crippen LogP contribution is -2.33. The average Bonchev–Trinajstić information content (AvgIpc) is 3.34. The summed E-state index contributed by atoms with van der Waals surface area (Å²) in [7, 11) is 2.01. The van der Waals surface area contributed by atoms with Crippen LogP contribution in [0, 0.1) is 0 Å². The second kappa shape index (κ2) is 6.59. The number of aryl methyl sites for hydroxylation is 1. The van der Waals surface area contributed by atoms with Crippen LogP contribution in [0.3, 0.4) is 0 Å². The Morgan fingerprint density at radius 3 is 2.88 bits per heavy atom. The average molecular weight is 323 g/mol. The quantitative estimate of drug-likeness (QED) is 0.782. The van der Waals surface area contributed by atoms with E-state index >= 15 is 0 Å². The first kappa shape index (κ1) is 15.1. The third-order valence-electron chi connectivity index (χ3n) is 4.50. The molecule has 3 aromatic rings. The molecule has 0 radical (unpaired) electrons. The summed E-state index contributed by atoms with van der Waals surface area (Å²) < 4.78 is 10.0. The zero-order chi connectivity index (χ0) is 16.4. The molecular weight excluding hydrogens is 302 g/mol. The van der Waals surface area contributed by atoms with E-state index in [9.17, 15) is 0 Å². The van der Waals surface area contributed by atoms with Gasteiger partial charge >= 0.3 is 0 Å². The smallest absolute Gasteiger partial charge is 0.122 e. The van der Waals surface area contributed by atoms with Crippen molar-refractivity contribution in [2.24, 2.45) is 7.05 Å². The number of imidazole rings is 1. The number of nitrogens with one attached hydrogen (secondary N) is 1. The number of hydrogen-bond acceptors (Lipinski definition) is 4. The molecule has 124 valence electrons. The second-order valence-corrected chi connectivity index (χ2v) is 6.03. The van der Waals surface area contributed by atoms with Crippen molar-refractivity contribution in [1.82, 2.24) is 24.6 Å². The maximum absolute atomic E-state index is 6.02. The Balaban J connectivity index is 1.53. The number of para-hydroxylation sites is 1. The van der Waals surface area contributed by atoms with Crippen LogP contribution in [0.2, 0.25) is 0 Å². The molecule has 1 aliphatic heterocycles. The van der Waals surface area contributed by atoms with Gasteiger partial charge in [-0.05, 0) is 24.6 Å². The molecule has 24 heavy (non-hydrogen) atoms. The molecule has 0 bridgehead atoms. The number of hydrogen-bond donors (Lipinski definition) is 1. The topological polar surface area (TPSA) is 56.9 Å². The van der Waals surface area contributed by atoms with Gasteiger partial charge in [-0.2, -0.15) is 5.10 Å². The minimum absolute atomic E-state index is 0.00651. The van der Waals surface area contributed by atoms with Crippen molar-refractivity contribution in [3.63, 3.8) is 0 Å². The fourth-order valence-corrected chi connectivity index (χ4v) is 3.19. The van der Waals surface area contributed by atoms with Crippen LogP contribution in [-0.2, 0) is 18.3 Å². The van der Waals surface area contributed by atoms with Gasteiger partial charge in [0.2, 0.25) is 0 Å². The standard InChI is InChI=1S/C18H21N5O/c1-22-11-10-19-17(22)13-20-15-8-12-24-18(15)16-7-9-21-23(16)14-5-3-2-4-6-14/h2-7,9-11,15,18,20H,8,12-13H2,1H3/t15-,18-/m0/s1. The highest BCUT2D eigenvalue weighted by atomic mass is 16.5. The van der Waals surface area contributed by atoms with E-state index in [2.05, 4.69) is 27.5 Å². The van der Waals surface area contributed by atoms with E-state index in [0.29, 0.717) is 0 Å². The summed E-state index contributed by atoms with van der Waals surface area (Å²) in [6.45, 7) is 1.48. The fourth-order valence-electron chi connectivity index (χ4n) is 3.19. The summed E-state index contributed by atoms with van der Waals surface area (Å²) in [6, 6.07) is 12.5. The van der Waals surface area contributed by atoms with Crippen LogP contribution < -0.4 is 5.32 Å². The van der Waals surface area contributed by atoms with Gasteiger partial charge in [0.05, 0.1) is 17.9 Å². The van der Waals surface area contributed by atoms with E-state index in [-0.39, 0.29) is 12.1 Å². The highest BCUT2D eigenvalue weighted by Gasteiger charge is 2.32. The summed E-state index contributed by atoms with van der Waals surface area (Å²) in [6.07, 6.45) is 6.59. The van der Waals surface area contributed by atoms with E-state index in [1.165, 1.54) is 0 Å². The molecule has 4 rings (SSSR count). The Labute approximate surface area is 141 Å². The van der Waals surface area contributed by atoms with Gasteiger partial charge in [0.25, 0.3) is 0 Å². The lowest BCUT2D eigenvalue weighted by Gasteiger charge is -2.21. The van der Waals surface area contributed by atoms with Crippen LogP contribution in [0.25, 0.3) is 5.69 Å². The number of aromatic nitrogens is 4. The van der Waals surface area contributed by atoms with Crippen LogP contribution in [-0.4, -0.2) is 32.0 Å². The number of nitrogens with zero attached hydrogens (tertiary/aromatic N) is 4. The highest BCUT2D eigenvalue weighted by Crippen LogP contribution is 2.30. The highest BCUT2D eigenvalue weighted by molar-refractivity contribution is 5.33. The summed E-state index contributed by atoms with van der Waals surface area (Å²) in [5, 5.41) is 8.07. The number of benzene rings is 1. The molecule has 0 spiro atoms. The summed E-state index contributed by atoms with van der Waals surface area (Å²) >= 11 is 0. The fraction of sp³-hybridized carbons (Fsp3) is 0.333. The molecule has 1 N–H and O–H groups in total. The van der Waals surface area contributed by atoms with Crippen LogP contribution in [0.4, 0.5) is 0 Å². The van der Waals surface area contributed by atoms with E-state index in [1.54, 1.807) is 0 Å². The molecule has 2 atom stereocenters. The van der Waals surface area contributed by atoms with Gasteiger partial charge in [-0.15, -0.1) is 0 Å². The number of rotatable bonds is 5. The Bertz CT molecular complexity index is 795. The Morgan fingerprint density at radius 2 is 2.08 bits per heavy atom. The van der Waals surface area contributed by atoms with Crippen molar-refractivity contribution in [1.29, 1.82) is 0 Å². The lowest BCUT2D eigenvalue weighted by molar-refractivity contribution is 0.0929. The first-order valence-corrected chi connectivity index (χ1v) is 8.23. The van der Waals surface area contributed by atoms with Crippen LogP contribution in [0.5, 0.6) is 0 Å². The largest absolute Gasteiger partial charge is 0.370 e. The molecule has 1 aromatic carbocycles. The van der Waals surface area contributed by atoms with E-state index in [0.717, 1.165) is 36.8 Å². The molecule has 2 aromatic heterocycles. The van der Waals surface area contributed by atoms with Gasteiger partial charge in [-0.1, -0.05) is 18.2 Å².